The Bertz CT molecular complexity index is 435. The number of rotatable bonds is 5. The van der Waals surface area contributed by atoms with Crippen LogP contribution in [0.3, 0.4) is 0 Å². The summed E-state index contributed by atoms with van der Waals surface area (Å²) in [6, 6.07) is 7.47. The van der Waals surface area contributed by atoms with E-state index in [1.807, 2.05) is 12.1 Å². The third-order valence-corrected chi connectivity index (χ3v) is 2.83. The van der Waals surface area contributed by atoms with Gasteiger partial charge in [0.2, 0.25) is 5.91 Å². The van der Waals surface area contributed by atoms with E-state index in [0.717, 1.165) is 12.8 Å². The van der Waals surface area contributed by atoms with Crippen LogP contribution in [-0.4, -0.2) is 18.6 Å². The smallest absolute Gasteiger partial charge is 0.223 e. The van der Waals surface area contributed by atoms with E-state index in [0.29, 0.717) is 24.5 Å². The van der Waals surface area contributed by atoms with Crippen molar-refractivity contribution in [2.45, 2.75) is 25.3 Å². The zero-order valence-corrected chi connectivity index (χ0v) is 10.3. The molecule has 2 rings (SSSR count). The molecule has 0 saturated heterocycles. The van der Waals surface area contributed by atoms with Crippen molar-refractivity contribution in [2.75, 3.05) is 12.3 Å². The van der Waals surface area contributed by atoms with Crippen LogP contribution >= 0.6 is 0 Å². The molecule has 1 aromatic carbocycles. The molecule has 96 valence electrons. The summed E-state index contributed by atoms with van der Waals surface area (Å²) in [6.45, 7) is 0.370. The molecule has 0 aliphatic heterocycles. The SMILES string of the molecule is Nc1cccc(OCCC(=O)NC2CC=CC2)c1. The van der Waals surface area contributed by atoms with Crippen LogP contribution in [0.25, 0.3) is 0 Å². The number of nitrogen functional groups attached to an aromatic ring is 1. The van der Waals surface area contributed by atoms with Crippen molar-refractivity contribution < 1.29 is 9.53 Å². The van der Waals surface area contributed by atoms with Gasteiger partial charge in [-0.1, -0.05) is 18.2 Å². The summed E-state index contributed by atoms with van der Waals surface area (Å²) >= 11 is 0. The molecule has 3 N–H and O–H groups in total. The number of amides is 1. The third kappa shape index (κ3) is 3.80. The fourth-order valence-corrected chi connectivity index (χ4v) is 1.90. The van der Waals surface area contributed by atoms with Crippen molar-refractivity contribution in [3.05, 3.63) is 36.4 Å². The highest BCUT2D eigenvalue weighted by molar-refractivity contribution is 5.76. The molecule has 18 heavy (non-hydrogen) atoms. The molecule has 0 spiro atoms. The first kappa shape index (κ1) is 12.5. The van der Waals surface area contributed by atoms with E-state index in [2.05, 4.69) is 17.5 Å². The highest BCUT2D eigenvalue weighted by Gasteiger charge is 2.12. The van der Waals surface area contributed by atoms with Crippen LogP contribution in [-0.2, 0) is 4.79 Å². The van der Waals surface area contributed by atoms with Gasteiger partial charge in [-0.25, -0.2) is 0 Å². The van der Waals surface area contributed by atoms with Gasteiger partial charge in [-0.3, -0.25) is 4.79 Å². The van der Waals surface area contributed by atoms with Crippen LogP contribution in [0.4, 0.5) is 5.69 Å². The van der Waals surface area contributed by atoms with E-state index in [-0.39, 0.29) is 11.9 Å². The van der Waals surface area contributed by atoms with Crippen molar-refractivity contribution >= 4 is 11.6 Å². The average molecular weight is 246 g/mol. The zero-order valence-electron chi connectivity index (χ0n) is 10.3. The van der Waals surface area contributed by atoms with Gasteiger partial charge in [0, 0.05) is 17.8 Å². The predicted molar refractivity (Wildman–Crippen MR) is 71.3 cm³/mol. The van der Waals surface area contributed by atoms with Crippen molar-refractivity contribution in [1.29, 1.82) is 0 Å². The number of hydrogen-bond acceptors (Lipinski definition) is 3. The molecule has 0 unspecified atom stereocenters. The Balaban J connectivity index is 1.67. The molecule has 4 heteroatoms. The van der Waals surface area contributed by atoms with Crippen LogP contribution in [0, 0.1) is 0 Å². The molecular formula is C14H18N2O2. The molecule has 1 amide bonds. The van der Waals surface area contributed by atoms with Crippen LogP contribution in [0.1, 0.15) is 19.3 Å². The van der Waals surface area contributed by atoms with Gasteiger partial charge < -0.3 is 15.8 Å². The number of hydrogen-bond donors (Lipinski definition) is 2. The number of ether oxygens (including phenoxy) is 1. The van der Waals surface area contributed by atoms with E-state index in [1.165, 1.54) is 0 Å². The second-order valence-electron chi connectivity index (χ2n) is 4.38. The molecular weight excluding hydrogens is 228 g/mol. The number of nitrogens with two attached hydrogens (primary N) is 1. The van der Waals surface area contributed by atoms with Crippen LogP contribution in [0.2, 0.25) is 0 Å². The summed E-state index contributed by atoms with van der Waals surface area (Å²) in [6.07, 6.45) is 6.41. The van der Waals surface area contributed by atoms with E-state index in [9.17, 15) is 4.79 Å². The minimum absolute atomic E-state index is 0.0348. The third-order valence-electron chi connectivity index (χ3n) is 2.83. The van der Waals surface area contributed by atoms with Crippen LogP contribution in [0.5, 0.6) is 5.75 Å². The van der Waals surface area contributed by atoms with Gasteiger partial charge in [0.05, 0.1) is 13.0 Å². The second-order valence-corrected chi connectivity index (χ2v) is 4.38. The Hall–Kier alpha value is -1.97. The van der Waals surface area contributed by atoms with Crippen LogP contribution in [0.15, 0.2) is 36.4 Å². The normalized spacial score (nSPS) is 14.7. The zero-order chi connectivity index (χ0) is 12.8. The van der Waals surface area contributed by atoms with Crippen molar-refractivity contribution in [2.24, 2.45) is 0 Å². The van der Waals surface area contributed by atoms with Gasteiger partial charge in [-0.2, -0.15) is 0 Å². The van der Waals surface area contributed by atoms with E-state index >= 15 is 0 Å². The van der Waals surface area contributed by atoms with Gasteiger partial charge in [-0.05, 0) is 25.0 Å². The summed E-state index contributed by atoms with van der Waals surface area (Å²) in [5, 5.41) is 2.97. The van der Waals surface area contributed by atoms with E-state index in [1.54, 1.807) is 12.1 Å². The Morgan fingerprint density at radius 2 is 2.17 bits per heavy atom. The maximum Gasteiger partial charge on any atom is 0.223 e. The summed E-state index contributed by atoms with van der Waals surface area (Å²) in [7, 11) is 0. The largest absolute Gasteiger partial charge is 0.493 e. The number of anilines is 1. The van der Waals surface area contributed by atoms with E-state index in [4.69, 9.17) is 10.5 Å². The number of benzene rings is 1. The fraction of sp³-hybridized carbons (Fsp3) is 0.357. The van der Waals surface area contributed by atoms with Crippen molar-refractivity contribution in [3.8, 4) is 5.75 Å². The molecule has 0 heterocycles. The topological polar surface area (TPSA) is 64.3 Å². The molecule has 1 aliphatic carbocycles. The Morgan fingerprint density at radius 3 is 2.89 bits per heavy atom. The van der Waals surface area contributed by atoms with Gasteiger partial charge in [0.25, 0.3) is 0 Å². The first-order valence-electron chi connectivity index (χ1n) is 6.17. The lowest BCUT2D eigenvalue weighted by Crippen LogP contribution is -2.33. The number of carbonyl (C=O) groups excluding carboxylic acids is 1. The summed E-state index contributed by atoms with van der Waals surface area (Å²) < 4.78 is 5.47. The lowest BCUT2D eigenvalue weighted by Gasteiger charge is -2.12. The molecule has 1 aliphatic rings. The fourth-order valence-electron chi connectivity index (χ4n) is 1.90. The van der Waals surface area contributed by atoms with Gasteiger partial charge in [0.1, 0.15) is 5.75 Å². The second kappa shape index (κ2) is 6.10. The van der Waals surface area contributed by atoms with Crippen molar-refractivity contribution in [1.82, 2.24) is 5.32 Å². The summed E-state index contributed by atoms with van der Waals surface area (Å²) in [5.74, 6) is 0.734. The minimum Gasteiger partial charge on any atom is -0.493 e. The Kier molecular flexibility index (Phi) is 4.23. The maximum absolute atomic E-state index is 11.6. The molecule has 0 bridgehead atoms. The van der Waals surface area contributed by atoms with Gasteiger partial charge in [0.15, 0.2) is 0 Å². The Morgan fingerprint density at radius 1 is 1.39 bits per heavy atom. The van der Waals surface area contributed by atoms with E-state index < -0.39 is 0 Å². The Labute approximate surface area is 107 Å². The molecule has 4 nitrogen and oxygen atoms in total. The molecule has 0 aromatic heterocycles. The molecule has 0 fully saturated rings. The van der Waals surface area contributed by atoms with Gasteiger partial charge >= 0.3 is 0 Å². The first-order chi connectivity index (χ1) is 8.74. The van der Waals surface area contributed by atoms with Gasteiger partial charge in [-0.15, -0.1) is 0 Å². The highest BCUT2D eigenvalue weighted by Crippen LogP contribution is 2.14. The lowest BCUT2D eigenvalue weighted by atomic mass is 10.2. The molecule has 0 atom stereocenters. The molecule has 1 aromatic rings. The monoisotopic (exact) mass is 246 g/mol. The molecule has 0 saturated carbocycles. The standard InChI is InChI=1S/C14H18N2O2/c15-11-4-3-7-13(10-11)18-9-8-14(17)16-12-5-1-2-6-12/h1-4,7,10,12H,5-6,8-9,15H2,(H,16,17). The number of nitrogens with one attached hydrogen (secondary N) is 1. The average Bonchev–Trinajstić information content (AvgIpc) is 2.82. The van der Waals surface area contributed by atoms with Crippen LogP contribution < -0.4 is 15.8 Å². The lowest BCUT2D eigenvalue weighted by molar-refractivity contribution is -0.122. The predicted octanol–water partition coefficient (Wildman–Crippen LogP) is 1.87. The quantitative estimate of drug-likeness (QED) is 0.616. The maximum atomic E-state index is 11.6. The first-order valence-corrected chi connectivity index (χ1v) is 6.17. The summed E-state index contributed by atoms with van der Waals surface area (Å²) in [5.41, 5.74) is 6.29. The highest BCUT2D eigenvalue weighted by atomic mass is 16.5. The van der Waals surface area contributed by atoms with Crippen molar-refractivity contribution in [3.63, 3.8) is 0 Å². The number of carbonyl (C=O) groups is 1. The minimum atomic E-state index is 0.0348. The summed E-state index contributed by atoms with van der Waals surface area (Å²) in [4.78, 5) is 11.6. The molecule has 0 radical (unpaired) electrons.